The van der Waals surface area contributed by atoms with E-state index in [4.69, 9.17) is 0 Å². The Hall–Kier alpha value is -2.16. The fourth-order valence-corrected chi connectivity index (χ4v) is 2.55. The molecule has 0 fully saturated rings. The van der Waals surface area contributed by atoms with Crippen molar-refractivity contribution in [3.05, 3.63) is 59.9 Å². The lowest BCUT2D eigenvalue weighted by Gasteiger charge is -2.10. The third-order valence-electron chi connectivity index (χ3n) is 4.20. The first-order valence-corrected chi connectivity index (χ1v) is 8.50. The lowest BCUT2D eigenvalue weighted by Crippen LogP contribution is -2.39. The number of benzene rings is 1. The number of rotatable bonds is 7. The number of hydrogen-bond acceptors (Lipinski definition) is 1. The SMILES string of the molecule is CCCc1cc[n+](CC(=O)Nc2ccc([C@@H](C)CC)cc2)cc1. The molecule has 1 atom stereocenters. The van der Waals surface area contributed by atoms with E-state index in [0.717, 1.165) is 24.9 Å². The van der Waals surface area contributed by atoms with Gasteiger partial charge in [0.1, 0.15) is 0 Å². The highest BCUT2D eigenvalue weighted by Crippen LogP contribution is 2.20. The molecule has 0 spiro atoms. The zero-order valence-corrected chi connectivity index (χ0v) is 14.4. The molecule has 2 rings (SSSR count). The Morgan fingerprint density at radius 1 is 1.09 bits per heavy atom. The summed E-state index contributed by atoms with van der Waals surface area (Å²) in [6, 6.07) is 12.3. The Bertz CT molecular complexity index is 617. The van der Waals surface area contributed by atoms with Crippen LogP contribution in [0.4, 0.5) is 5.69 Å². The highest BCUT2D eigenvalue weighted by molar-refractivity contribution is 5.89. The maximum Gasteiger partial charge on any atom is 0.290 e. The normalized spacial score (nSPS) is 12.0. The second-order valence-corrected chi connectivity index (χ2v) is 6.11. The third-order valence-corrected chi connectivity index (χ3v) is 4.20. The molecule has 1 N–H and O–H groups in total. The summed E-state index contributed by atoms with van der Waals surface area (Å²) in [6.45, 7) is 6.90. The van der Waals surface area contributed by atoms with Gasteiger partial charge in [-0.15, -0.1) is 0 Å². The highest BCUT2D eigenvalue weighted by atomic mass is 16.1. The number of pyridine rings is 1. The smallest absolute Gasteiger partial charge is 0.290 e. The van der Waals surface area contributed by atoms with Gasteiger partial charge in [-0.1, -0.05) is 39.3 Å². The molecule has 2 aromatic rings. The van der Waals surface area contributed by atoms with Crippen LogP contribution in [0.2, 0.25) is 0 Å². The summed E-state index contributed by atoms with van der Waals surface area (Å²) < 4.78 is 1.90. The number of hydrogen-bond donors (Lipinski definition) is 1. The molecular formula is C20H27N2O+. The van der Waals surface area contributed by atoms with Crippen molar-refractivity contribution in [2.45, 2.75) is 52.5 Å². The number of nitrogens with one attached hydrogen (secondary N) is 1. The first-order chi connectivity index (χ1) is 11.1. The third kappa shape index (κ3) is 5.20. The van der Waals surface area contributed by atoms with Gasteiger partial charge in [-0.3, -0.25) is 4.79 Å². The Morgan fingerprint density at radius 3 is 2.30 bits per heavy atom. The molecule has 1 aromatic heterocycles. The van der Waals surface area contributed by atoms with Gasteiger partial charge in [0, 0.05) is 17.8 Å². The summed E-state index contributed by atoms with van der Waals surface area (Å²) in [5, 5.41) is 2.95. The number of anilines is 1. The number of carbonyl (C=O) groups excluding carboxylic acids is 1. The largest absolute Gasteiger partial charge is 0.321 e. The summed E-state index contributed by atoms with van der Waals surface area (Å²) in [5.74, 6) is 0.548. The minimum absolute atomic E-state index is 0.00506. The van der Waals surface area contributed by atoms with Gasteiger partial charge in [-0.05, 0) is 42.0 Å². The summed E-state index contributed by atoms with van der Waals surface area (Å²) in [7, 11) is 0. The monoisotopic (exact) mass is 311 g/mol. The Balaban J connectivity index is 1.91. The second-order valence-electron chi connectivity index (χ2n) is 6.11. The minimum Gasteiger partial charge on any atom is -0.321 e. The van der Waals surface area contributed by atoms with Gasteiger partial charge >= 0.3 is 0 Å². The zero-order chi connectivity index (χ0) is 16.7. The number of aromatic nitrogens is 1. The zero-order valence-electron chi connectivity index (χ0n) is 14.4. The molecule has 1 amide bonds. The van der Waals surface area contributed by atoms with Crippen LogP contribution in [0.1, 0.15) is 50.7 Å². The fourth-order valence-electron chi connectivity index (χ4n) is 2.55. The lowest BCUT2D eigenvalue weighted by atomic mass is 9.99. The maximum absolute atomic E-state index is 12.1. The summed E-state index contributed by atoms with van der Waals surface area (Å²) in [6.07, 6.45) is 7.27. The second kappa shape index (κ2) is 8.47. The molecule has 1 aromatic carbocycles. The van der Waals surface area contributed by atoms with E-state index < -0.39 is 0 Å². The quantitative estimate of drug-likeness (QED) is 0.768. The van der Waals surface area contributed by atoms with Crippen LogP contribution in [0, 0.1) is 0 Å². The first-order valence-electron chi connectivity index (χ1n) is 8.50. The van der Waals surface area contributed by atoms with Crippen molar-refractivity contribution in [2.24, 2.45) is 0 Å². The van der Waals surface area contributed by atoms with E-state index in [-0.39, 0.29) is 5.91 Å². The molecule has 1 heterocycles. The van der Waals surface area contributed by atoms with E-state index in [9.17, 15) is 4.79 Å². The van der Waals surface area contributed by atoms with E-state index in [0.29, 0.717) is 12.5 Å². The van der Waals surface area contributed by atoms with Gasteiger partial charge in [-0.2, -0.15) is 4.57 Å². The molecule has 23 heavy (non-hydrogen) atoms. The van der Waals surface area contributed by atoms with Gasteiger partial charge in [0.2, 0.25) is 6.54 Å². The lowest BCUT2D eigenvalue weighted by molar-refractivity contribution is -0.684. The van der Waals surface area contributed by atoms with Gasteiger partial charge < -0.3 is 5.32 Å². The number of aryl methyl sites for hydroxylation is 1. The van der Waals surface area contributed by atoms with Crippen LogP contribution < -0.4 is 9.88 Å². The maximum atomic E-state index is 12.1. The molecule has 0 saturated carbocycles. The molecule has 3 nitrogen and oxygen atoms in total. The van der Waals surface area contributed by atoms with Crippen LogP contribution in [0.5, 0.6) is 0 Å². The van der Waals surface area contributed by atoms with E-state index >= 15 is 0 Å². The van der Waals surface area contributed by atoms with Crippen molar-refractivity contribution in [2.75, 3.05) is 5.32 Å². The Kier molecular flexibility index (Phi) is 6.33. The van der Waals surface area contributed by atoms with Crippen molar-refractivity contribution >= 4 is 11.6 Å². The molecule has 0 saturated heterocycles. The fraction of sp³-hybridized carbons (Fsp3) is 0.400. The van der Waals surface area contributed by atoms with Crippen LogP contribution in [0.15, 0.2) is 48.8 Å². The van der Waals surface area contributed by atoms with Crippen LogP contribution in [0.25, 0.3) is 0 Å². The molecule has 0 aliphatic carbocycles. The first kappa shape index (κ1) is 17.2. The number of carbonyl (C=O) groups is 1. The van der Waals surface area contributed by atoms with Gasteiger partial charge in [0.05, 0.1) is 0 Å². The van der Waals surface area contributed by atoms with E-state index in [1.54, 1.807) is 0 Å². The molecule has 0 aliphatic rings. The molecule has 3 heteroatoms. The summed E-state index contributed by atoms with van der Waals surface area (Å²) in [4.78, 5) is 12.1. The average Bonchev–Trinajstić information content (AvgIpc) is 2.57. The van der Waals surface area contributed by atoms with Crippen LogP contribution >= 0.6 is 0 Å². The van der Waals surface area contributed by atoms with E-state index in [1.807, 2.05) is 29.1 Å². The molecule has 0 unspecified atom stereocenters. The average molecular weight is 311 g/mol. The molecule has 0 bridgehead atoms. The van der Waals surface area contributed by atoms with Gasteiger partial charge in [-0.25, -0.2) is 0 Å². The van der Waals surface area contributed by atoms with Crippen molar-refractivity contribution in [1.82, 2.24) is 0 Å². The van der Waals surface area contributed by atoms with Crippen molar-refractivity contribution in [1.29, 1.82) is 0 Å². The molecular weight excluding hydrogens is 284 g/mol. The molecule has 122 valence electrons. The van der Waals surface area contributed by atoms with Crippen LogP contribution in [0.3, 0.4) is 0 Å². The minimum atomic E-state index is -0.00506. The van der Waals surface area contributed by atoms with E-state index in [1.165, 1.54) is 11.1 Å². The summed E-state index contributed by atoms with van der Waals surface area (Å²) in [5.41, 5.74) is 3.47. The Labute approximate surface area is 139 Å². The van der Waals surface area contributed by atoms with Gasteiger partial charge in [0.15, 0.2) is 12.4 Å². The van der Waals surface area contributed by atoms with Crippen molar-refractivity contribution in [3.8, 4) is 0 Å². The Morgan fingerprint density at radius 2 is 1.74 bits per heavy atom. The highest BCUT2D eigenvalue weighted by Gasteiger charge is 2.10. The van der Waals surface area contributed by atoms with Gasteiger partial charge in [0.25, 0.3) is 5.91 Å². The number of amides is 1. The van der Waals surface area contributed by atoms with Crippen molar-refractivity contribution < 1.29 is 9.36 Å². The standard InChI is InChI=1S/C20H26N2O/c1-4-6-17-11-13-22(14-12-17)15-20(23)21-19-9-7-18(8-10-19)16(3)5-2/h7-14,16H,4-6,15H2,1-3H3/p+1/t16-/m0/s1. The summed E-state index contributed by atoms with van der Waals surface area (Å²) >= 11 is 0. The van der Waals surface area contributed by atoms with Crippen LogP contribution in [-0.2, 0) is 17.8 Å². The molecule has 0 radical (unpaired) electrons. The topological polar surface area (TPSA) is 33.0 Å². The van der Waals surface area contributed by atoms with Crippen LogP contribution in [-0.4, -0.2) is 5.91 Å². The molecule has 0 aliphatic heterocycles. The predicted molar refractivity (Wildman–Crippen MR) is 94.4 cm³/mol. The predicted octanol–water partition coefficient (Wildman–Crippen LogP) is 4.08. The van der Waals surface area contributed by atoms with E-state index in [2.05, 4.69) is 50.4 Å². The van der Waals surface area contributed by atoms with Crippen molar-refractivity contribution in [3.63, 3.8) is 0 Å². The number of nitrogens with zero attached hydrogens (tertiary/aromatic N) is 1.